The first-order valence-electron chi connectivity index (χ1n) is 7.69. The Morgan fingerprint density at radius 2 is 1.64 bits per heavy atom. The molecular formula is C18H21IN2O3S. The average Bonchev–Trinajstić information content (AvgIpc) is 2.48. The summed E-state index contributed by atoms with van der Waals surface area (Å²) in [5, 5.41) is 2.77. The second kappa shape index (κ2) is 7.43. The Hall–Kier alpha value is -1.45. The molecule has 0 atom stereocenters. The molecular weight excluding hydrogens is 451 g/mol. The molecule has 0 aliphatic carbocycles. The predicted molar refractivity (Wildman–Crippen MR) is 108 cm³/mol. The lowest BCUT2D eigenvalue weighted by Gasteiger charge is -2.20. The zero-order chi connectivity index (χ0) is 18.8. The number of carbonyl (C=O) groups is 1. The Morgan fingerprint density at radius 3 is 2.16 bits per heavy atom. The molecule has 0 saturated carbocycles. The first kappa shape index (κ1) is 19.9. The molecule has 7 heteroatoms. The molecule has 0 aliphatic heterocycles. The lowest BCUT2D eigenvalue weighted by molar-refractivity contribution is 0.102. The molecule has 25 heavy (non-hydrogen) atoms. The quantitative estimate of drug-likeness (QED) is 0.663. The lowest BCUT2D eigenvalue weighted by Crippen LogP contribution is -2.40. The van der Waals surface area contributed by atoms with Crippen molar-refractivity contribution in [2.24, 2.45) is 0 Å². The summed E-state index contributed by atoms with van der Waals surface area (Å²) in [4.78, 5) is 12.5. The summed E-state index contributed by atoms with van der Waals surface area (Å²) in [6, 6.07) is 11.6. The van der Waals surface area contributed by atoms with Crippen LogP contribution in [0.25, 0.3) is 0 Å². The van der Waals surface area contributed by atoms with Gasteiger partial charge < -0.3 is 5.32 Å². The second-order valence-electron chi connectivity index (χ2n) is 6.80. The third kappa shape index (κ3) is 5.52. The van der Waals surface area contributed by atoms with Gasteiger partial charge in [-0.3, -0.25) is 4.79 Å². The number of halogens is 1. The van der Waals surface area contributed by atoms with Crippen molar-refractivity contribution < 1.29 is 13.2 Å². The molecule has 1 amide bonds. The summed E-state index contributed by atoms with van der Waals surface area (Å²) >= 11 is 2.18. The molecule has 0 aromatic heterocycles. The highest BCUT2D eigenvalue weighted by Crippen LogP contribution is 2.18. The summed E-state index contributed by atoms with van der Waals surface area (Å²) < 4.78 is 28.2. The number of sulfonamides is 1. The Bertz CT molecular complexity index is 886. The Balaban J connectivity index is 2.15. The van der Waals surface area contributed by atoms with E-state index in [4.69, 9.17) is 0 Å². The van der Waals surface area contributed by atoms with Crippen molar-refractivity contribution in [3.63, 3.8) is 0 Å². The third-order valence-electron chi connectivity index (χ3n) is 3.30. The fraction of sp³-hybridized carbons (Fsp3) is 0.278. The first-order valence-corrected chi connectivity index (χ1v) is 10.3. The Kier molecular flexibility index (Phi) is 5.90. The zero-order valence-corrected chi connectivity index (χ0v) is 17.5. The van der Waals surface area contributed by atoms with Crippen molar-refractivity contribution >= 4 is 44.2 Å². The van der Waals surface area contributed by atoms with Crippen molar-refractivity contribution in [3.8, 4) is 0 Å². The highest BCUT2D eigenvalue weighted by Gasteiger charge is 2.21. The van der Waals surface area contributed by atoms with Crippen molar-refractivity contribution in [1.82, 2.24) is 4.72 Å². The standard InChI is InChI=1S/C18H21IN2O3S/c1-12-5-6-13(11-16(12)19)17(22)20-14-7-9-15(10-8-14)25(23,24)21-18(2,3)4/h5-11,21H,1-4H3,(H,20,22). The van der Waals surface area contributed by atoms with Crippen LogP contribution in [0.15, 0.2) is 47.4 Å². The second-order valence-corrected chi connectivity index (χ2v) is 9.64. The normalized spacial score (nSPS) is 12.0. The van der Waals surface area contributed by atoms with E-state index < -0.39 is 15.6 Å². The molecule has 2 rings (SSSR count). The minimum absolute atomic E-state index is 0.158. The number of nitrogens with one attached hydrogen (secondary N) is 2. The molecule has 0 heterocycles. The van der Waals surface area contributed by atoms with Gasteiger partial charge >= 0.3 is 0 Å². The Labute approximate surface area is 162 Å². The number of aryl methyl sites for hydroxylation is 1. The molecule has 0 bridgehead atoms. The van der Waals surface area contributed by atoms with Crippen LogP contribution >= 0.6 is 22.6 Å². The SMILES string of the molecule is Cc1ccc(C(=O)Nc2ccc(S(=O)(=O)NC(C)(C)C)cc2)cc1I. The molecule has 134 valence electrons. The van der Waals surface area contributed by atoms with Gasteiger partial charge in [-0.2, -0.15) is 0 Å². The summed E-state index contributed by atoms with van der Waals surface area (Å²) in [7, 11) is -3.59. The molecule has 0 saturated heterocycles. The van der Waals surface area contributed by atoms with Gasteiger partial charge in [0.05, 0.1) is 4.90 Å². The molecule has 0 fully saturated rings. The maximum absolute atomic E-state index is 12.3. The van der Waals surface area contributed by atoms with Crippen LogP contribution in [0.1, 0.15) is 36.7 Å². The van der Waals surface area contributed by atoms with E-state index in [0.29, 0.717) is 11.3 Å². The summed E-state index contributed by atoms with van der Waals surface area (Å²) in [6.07, 6.45) is 0. The first-order chi connectivity index (χ1) is 11.5. The van der Waals surface area contributed by atoms with Crippen LogP contribution in [-0.2, 0) is 10.0 Å². The van der Waals surface area contributed by atoms with Crippen LogP contribution < -0.4 is 10.0 Å². The molecule has 2 aromatic carbocycles. The van der Waals surface area contributed by atoms with E-state index in [1.165, 1.54) is 12.1 Å². The zero-order valence-electron chi connectivity index (χ0n) is 14.6. The van der Waals surface area contributed by atoms with Crippen molar-refractivity contribution in [3.05, 3.63) is 57.2 Å². The molecule has 0 radical (unpaired) electrons. The highest BCUT2D eigenvalue weighted by molar-refractivity contribution is 14.1. The van der Waals surface area contributed by atoms with Gasteiger partial charge in [0.2, 0.25) is 10.0 Å². The monoisotopic (exact) mass is 472 g/mol. The third-order valence-corrected chi connectivity index (χ3v) is 6.23. The van der Waals surface area contributed by atoms with E-state index in [1.54, 1.807) is 39.0 Å². The molecule has 2 aromatic rings. The number of hydrogen-bond donors (Lipinski definition) is 2. The summed E-state index contributed by atoms with van der Waals surface area (Å²) in [6.45, 7) is 7.32. The van der Waals surface area contributed by atoms with Gasteiger partial charge in [0.25, 0.3) is 5.91 Å². The molecule has 0 aliphatic rings. The van der Waals surface area contributed by atoms with Crippen LogP contribution in [0, 0.1) is 10.5 Å². The number of rotatable bonds is 4. The van der Waals surface area contributed by atoms with Gasteiger partial charge in [-0.05, 0) is 92.2 Å². The van der Waals surface area contributed by atoms with Crippen LogP contribution in [0.3, 0.4) is 0 Å². The maximum Gasteiger partial charge on any atom is 0.255 e. The number of amides is 1. The molecule has 5 nitrogen and oxygen atoms in total. The number of carbonyl (C=O) groups excluding carboxylic acids is 1. The van der Waals surface area contributed by atoms with Crippen LogP contribution in [0.2, 0.25) is 0 Å². The van der Waals surface area contributed by atoms with E-state index in [-0.39, 0.29) is 10.8 Å². The number of benzene rings is 2. The van der Waals surface area contributed by atoms with Gasteiger partial charge in [-0.25, -0.2) is 13.1 Å². The number of hydrogen-bond acceptors (Lipinski definition) is 3. The highest BCUT2D eigenvalue weighted by atomic mass is 127. The number of anilines is 1. The molecule has 2 N–H and O–H groups in total. The topological polar surface area (TPSA) is 75.3 Å². The maximum atomic E-state index is 12.3. The fourth-order valence-corrected chi connectivity index (χ4v) is 4.05. The average molecular weight is 472 g/mol. The molecule has 0 unspecified atom stereocenters. The molecule has 0 spiro atoms. The Morgan fingerprint density at radius 1 is 1.04 bits per heavy atom. The summed E-state index contributed by atoms with van der Waals surface area (Å²) in [5.74, 6) is -0.235. The van der Waals surface area contributed by atoms with Crippen molar-refractivity contribution in [1.29, 1.82) is 0 Å². The summed E-state index contributed by atoms with van der Waals surface area (Å²) in [5.41, 5.74) is 1.64. The van der Waals surface area contributed by atoms with E-state index in [9.17, 15) is 13.2 Å². The van der Waals surface area contributed by atoms with Crippen molar-refractivity contribution in [2.45, 2.75) is 38.1 Å². The van der Waals surface area contributed by atoms with E-state index in [0.717, 1.165) is 9.13 Å². The van der Waals surface area contributed by atoms with Gasteiger partial charge in [-0.1, -0.05) is 6.07 Å². The van der Waals surface area contributed by atoms with Gasteiger partial charge in [0.15, 0.2) is 0 Å². The van der Waals surface area contributed by atoms with E-state index >= 15 is 0 Å². The van der Waals surface area contributed by atoms with Gasteiger partial charge in [0, 0.05) is 20.4 Å². The van der Waals surface area contributed by atoms with Crippen LogP contribution in [-0.4, -0.2) is 19.9 Å². The van der Waals surface area contributed by atoms with Crippen LogP contribution in [0.5, 0.6) is 0 Å². The van der Waals surface area contributed by atoms with Gasteiger partial charge in [-0.15, -0.1) is 0 Å². The van der Waals surface area contributed by atoms with Crippen molar-refractivity contribution in [2.75, 3.05) is 5.32 Å². The van der Waals surface area contributed by atoms with Crippen LogP contribution in [0.4, 0.5) is 5.69 Å². The van der Waals surface area contributed by atoms with E-state index in [2.05, 4.69) is 32.6 Å². The lowest BCUT2D eigenvalue weighted by atomic mass is 10.1. The predicted octanol–water partition coefficient (Wildman–Crippen LogP) is 3.93. The minimum Gasteiger partial charge on any atom is -0.322 e. The van der Waals surface area contributed by atoms with Gasteiger partial charge in [0.1, 0.15) is 0 Å². The fourth-order valence-electron chi connectivity index (χ4n) is 2.12. The largest absolute Gasteiger partial charge is 0.322 e. The van der Waals surface area contributed by atoms with E-state index in [1.807, 2.05) is 19.1 Å². The smallest absolute Gasteiger partial charge is 0.255 e. The minimum atomic E-state index is -3.59.